The highest BCUT2D eigenvalue weighted by atomic mass is 19.2. The molecule has 0 saturated heterocycles. The van der Waals surface area contributed by atoms with E-state index in [0.717, 1.165) is 30.2 Å². The lowest BCUT2D eigenvalue weighted by molar-refractivity contribution is 0.289. The maximum absolute atomic E-state index is 13.1. The van der Waals surface area contributed by atoms with Crippen molar-refractivity contribution < 1.29 is 8.78 Å². The van der Waals surface area contributed by atoms with E-state index in [4.69, 9.17) is 0 Å². The maximum Gasteiger partial charge on any atom is 0.159 e. The van der Waals surface area contributed by atoms with E-state index in [1.54, 1.807) is 6.07 Å². The van der Waals surface area contributed by atoms with E-state index in [0.29, 0.717) is 0 Å². The number of rotatable bonds is 8. The van der Waals surface area contributed by atoms with Crippen LogP contribution in [0.4, 0.5) is 8.78 Å². The number of hydrogen-bond donors (Lipinski definition) is 0. The van der Waals surface area contributed by atoms with Gasteiger partial charge >= 0.3 is 0 Å². The van der Waals surface area contributed by atoms with Gasteiger partial charge in [0.1, 0.15) is 0 Å². The smallest absolute Gasteiger partial charge is 0.159 e. The van der Waals surface area contributed by atoms with E-state index >= 15 is 0 Å². The summed E-state index contributed by atoms with van der Waals surface area (Å²) >= 11 is 0. The van der Waals surface area contributed by atoms with Crippen LogP contribution in [0, 0.1) is 23.5 Å². The quantitative estimate of drug-likeness (QED) is 0.363. The fraction of sp³-hybridized carbons (Fsp3) is 0.619. The maximum atomic E-state index is 13.1. The standard InChI is InChI=1S/C21H30F2/c1-2-3-4-7-17-10-12-18(13-11-17)8-5-6-9-19-14-15-20(22)21(23)16-19/h5,8,14-18H,2-4,6-7,9-13H2,1H3. The fourth-order valence-electron chi connectivity index (χ4n) is 3.59. The lowest BCUT2D eigenvalue weighted by Gasteiger charge is -2.26. The van der Waals surface area contributed by atoms with Gasteiger partial charge in [0.25, 0.3) is 0 Å². The first-order chi connectivity index (χ1) is 11.2. The van der Waals surface area contributed by atoms with E-state index in [1.165, 1.54) is 63.5 Å². The third kappa shape index (κ3) is 6.45. The van der Waals surface area contributed by atoms with E-state index < -0.39 is 11.6 Å². The molecule has 0 spiro atoms. The van der Waals surface area contributed by atoms with Crippen LogP contribution in [-0.2, 0) is 6.42 Å². The van der Waals surface area contributed by atoms with E-state index in [1.807, 2.05) is 0 Å². The van der Waals surface area contributed by atoms with Crippen LogP contribution in [0.3, 0.4) is 0 Å². The van der Waals surface area contributed by atoms with Gasteiger partial charge in [-0.1, -0.05) is 50.8 Å². The molecule has 0 radical (unpaired) electrons. The minimum atomic E-state index is -0.764. The van der Waals surface area contributed by atoms with E-state index in [2.05, 4.69) is 19.1 Å². The van der Waals surface area contributed by atoms with Gasteiger partial charge in [0, 0.05) is 0 Å². The fourth-order valence-corrected chi connectivity index (χ4v) is 3.59. The molecule has 1 fully saturated rings. The van der Waals surface area contributed by atoms with Gasteiger partial charge in [0.2, 0.25) is 0 Å². The predicted molar refractivity (Wildman–Crippen MR) is 93.4 cm³/mol. The van der Waals surface area contributed by atoms with Crippen molar-refractivity contribution in [1.82, 2.24) is 0 Å². The van der Waals surface area contributed by atoms with Crippen molar-refractivity contribution >= 4 is 0 Å². The highest BCUT2D eigenvalue weighted by Crippen LogP contribution is 2.32. The lowest BCUT2D eigenvalue weighted by atomic mass is 9.79. The van der Waals surface area contributed by atoms with Crippen molar-refractivity contribution in [2.45, 2.75) is 71.1 Å². The van der Waals surface area contributed by atoms with Gasteiger partial charge in [-0.2, -0.15) is 0 Å². The average molecular weight is 320 g/mol. The second-order valence-corrected chi connectivity index (χ2v) is 6.99. The van der Waals surface area contributed by atoms with Gasteiger partial charge < -0.3 is 0 Å². The summed E-state index contributed by atoms with van der Waals surface area (Å²) in [6.07, 6.45) is 17.2. The van der Waals surface area contributed by atoms with Crippen molar-refractivity contribution in [3.8, 4) is 0 Å². The molecule has 0 bridgehead atoms. The molecule has 23 heavy (non-hydrogen) atoms. The van der Waals surface area contributed by atoms with Crippen molar-refractivity contribution in [3.63, 3.8) is 0 Å². The second-order valence-electron chi connectivity index (χ2n) is 6.99. The molecule has 0 heterocycles. The molecule has 1 aliphatic carbocycles. The molecule has 0 unspecified atom stereocenters. The summed E-state index contributed by atoms with van der Waals surface area (Å²) in [4.78, 5) is 0. The Bertz CT molecular complexity index is 485. The number of aryl methyl sites for hydroxylation is 1. The third-order valence-electron chi connectivity index (χ3n) is 5.10. The summed E-state index contributed by atoms with van der Waals surface area (Å²) in [5.74, 6) is 0.170. The zero-order valence-electron chi connectivity index (χ0n) is 14.4. The molecule has 0 atom stereocenters. The van der Waals surface area contributed by atoms with Crippen LogP contribution in [0.25, 0.3) is 0 Å². The second kappa shape index (κ2) is 9.85. The molecule has 0 nitrogen and oxygen atoms in total. The summed E-state index contributed by atoms with van der Waals surface area (Å²) < 4.78 is 26.0. The van der Waals surface area contributed by atoms with E-state index in [9.17, 15) is 8.78 Å². The first-order valence-corrected chi connectivity index (χ1v) is 9.29. The van der Waals surface area contributed by atoms with Crippen molar-refractivity contribution in [3.05, 3.63) is 47.5 Å². The zero-order valence-corrected chi connectivity index (χ0v) is 14.4. The van der Waals surface area contributed by atoms with Crippen molar-refractivity contribution in [2.24, 2.45) is 11.8 Å². The Morgan fingerprint density at radius 1 is 1.04 bits per heavy atom. The molecule has 128 valence electrons. The molecule has 0 aliphatic heterocycles. The molecule has 1 aromatic rings. The molecule has 2 rings (SSSR count). The van der Waals surface area contributed by atoms with Gasteiger partial charge in [-0.3, -0.25) is 0 Å². The van der Waals surface area contributed by atoms with Gasteiger partial charge in [-0.15, -0.1) is 0 Å². The zero-order chi connectivity index (χ0) is 16.5. The Morgan fingerprint density at radius 3 is 2.52 bits per heavy atom. The largest absolute Gasteiger partial charge is 0.204 e. The van der Waals surface area contributed by atoms with Gasteiger partial charge in [0.15, 0.2) is 11.6 Å². The number of hydrogen-bond acceptors (Lipinski definition) is 0. The third-order valence-corrected chi connectivity index (χ3v) is 5.10. The average Bonchev–Trinajstić information content (AvgIpc) is 2.56. The Hall–Kier alpha value is -1.18. The summed E-state index contributed by atoms with van der Waals surface area (Å²) in [5.41, 5.74) is 0.869. The van der Waals surface area contributed by atoms with Crippen LogP contribution in [0.5, 0.6) is 0 Å². The molecule has 2 heteroatoms. The monoisotopic (exact) mass is 320 g/mol. The highest BCUT2D eigenvalue weighted by molar-refractivity contribution is 5.18. The van der Waals surface area contributed by atoms with Crippen LogP contribution in [0.1, 0.15) is 70.3 Å². The summed E-state index contributed by atoms with van der Waals surface area (Å²) in [5, 5.41) is 0. The summed E-state index contributed by atoms with van der Waals surface area (Å²) in [6.45, 7) is 2.27. The number of halogens is 2. The van der Waals surface area contributed by atoms with Gasteiger partial charge in [0.05, 0.1) is 0 Å². The van der Waals surface area contributed by atoms with E-state index in [-0.39, 0.29) is 0 Å². The molecule has 1 aliphatic rings. The number of benzene rings is 1. The molecule has 0 amide bonds. The summed E-state index contributed by atoms with van der Waals surface area (Å²) in [6, 6.07) is 4.20. The van der Waals surface area contributed by atoms with Crippen LogP contribution < -0.4 is 0 Å². The van der Waals surface area contributed by atoms with Crippen LogP contribution in [-0.4, -0.2) is 0 Å². The Labute approximate surface area is 140 Å². The number of unbranched alkanes of at least 4 members (excludes halogenated alkanes) is 2. The van der Waals surface area contributed by atoms with Crippen molar-refractivity contribution in [2.75, 3.05) is 0 Å². The minimum Gasteiger partial charge on any atom is -0.204 e. The molecule has 1 aromatic carbocycles. The van der Waals surface area contributed by atoms with Crippen LogP contribution >= 0.6 is 0 Å². The Morgan fingerprint density at radius 2 is 1.83 bits per heavy atom. The summed E-state index contributed by atoms with van der Waals surface area (Å²) in [7, 11) is 0. The van der Waals surface area contributed by atoms with Crippen LogP contribution in [0.2, 0.25) is 0 Å². The van der Waals surface area contributed by atoms with Gasteiger partial charge in [-0.25, -0.2) is 8.78 Å². The van der Waals surface area contributed by atoms with Crippen LogP contribution in [0.15, 0.2) is 30.4 Å². The number of allylic oxidation sites excluding steroid dienone is 2. The predicted octanol–water partition coefficient (Wildman–Crippen LogP) is 6.84. The highest BCUT2D eigenvalue weighted by Gasteiger charge is 2.18. The first-order valence-electron chi connectivity index (χ1n) is 9.29. The molecular weight excluding hydrogens is 290 g/mol. The normalized spacial score (nSPS) is 21.9. The first kappa shape index (κ1) is 18.2. The topological polar surface area (TPSA) is 0 Å². The lowest BCUT2D eigenvalue weighted by Crippen LogP contribution is -2.13. The Balaban J connectivity index is 1.64. The van der Waals surface area contributed by atoms with Crippen molar-refractivity contribution in [1.29, 1.82) is 0 Å². The molecule has 0 aromatic heterocycles. The molecular formula is C21H30F2. The molecule has 1 saturated carbocycles. The minimum absolute atomic E-state index is 0.724. The SMILES string of the molecule is CCCCCC1CCC(C=CCCc2ccc(F)c(F)c2)CC1. The van der Waals surface area contributed by atoms with Gasteiger partial charge in [-0.05, 0) is 68.1 Å². The molecule has 0 N–H and O–H groups in total. The Kier molecular flexibility index (Phi) is 7.78.